The monoisotopic (exact) mass is 277 g/mol. The fraction of sp³-hybridized carbons (Fsp3) is 0.562. The Labute approximate surface area is 120 Å². The lowest BCUT2D eigenvalue weighted by Gasteiger charge is -2.22. The number of ether oxygens (including phenoxy) is 1. The zero-order valence-electron chi connectivity index (χ0n) is 12.2. The molecule has 110 valence electrons. The van der Waals surface area contributed by atoms with E-state index in [2.05, 4.69) is 5.32 Å². The molecular formula is C16H23NO3. The van der Waals surface area contributed by atoms with Gasteiger partial charge in [0.05, 0.1) is 19.1 Å². The molecule has 0 radical (unpaired) electrons. The van der Waals surface area contributed by atoms with Gasteiger partial charge in [-0.1, -0.05) is 6.07 Å². The third-order valence-corrected chi connectivity index (χ3v) is 3.45. The molecule has 1 aromatic rings. The zero-order valence-corrected chi connectivity index (χ0v) is 12.2. The van der Waals surface area contributed by atoms with Crippen LogP contribution in [-0.4, -0.2) is 23.7 Å². The maximum absolute atomic E-state index is 11.5. The van der Waals surface area contributed by atoms with Crippen LogP contribution in [0.3, 0.4) is 0 Å². The SMILES string of the molecule is CC(C)NC(=O)CCOc1ccc2c(c1)C(O)CCC2. The van der Waals surface area contributed by atoms with E-state index in [1.165, 1.54) is 5.56 Å². The van der Waals surface area contributed by atoms with E-state index in [4.69, 9.17) is 4.74 Å². The second kappa shape index (κ2) is 6.75. The fourth-order valence-corrected chi connectivity index (χ4v) is 2.50. The summed E-state index contributed by atoms with van der Waals surface area (Å²) in [5, 5.41) is 12.8. The van der Waals surface area contributed by atoms with Gasteiger partial charge in [-0.3, -0.25) is 4.79 Å². The van der Waals surface area contributed by atoms with Crippen molar-refractivity contribution in [2.75, 3.05) is 6.61 Å². The molecule has 20 heavy (non-hydrogen) atoms. The van der Waals surface area contributed by atoms with Crippen molar-refractivity contribution in [2.24, 2.45) is 0 Å². The van der Waals surface area contributed by atoms with Gasteiger partial charge >= 0.3 is 0 Å². The number of hydrogen-bond donors (Lipinski definition) is 2. The number of amides is 1. The Kier molecular flexibility index (Phi) is 5.01. The number of aryl methyl sites for hydroxylation is 1. The van der Waals surface area contributed by atoms with Gasteiger partial charge in [-0.2, -0.15) is 0 Å². The number of benzene rings is 1. The molecule has 0 aromatic heterocycles. The van der Waals surface area contributed by atoms with Crippen LogP contribution in [0, 0.1) is 0 Å². The lowest BCUT2D eigenvalue weighted by Crippen LogP contribution is -2.31. The van der Waals surface area contributed by atoms with Crippen molar-refractivity contribution < 1.29 is 14.6 Å². The quantitative estimate of drug-likeness (QED) is 0.868. The molecule has 1 aromatic carbocycles. The fourth-order valence-electron chi connectivity index (χ4n) is 2.50. The minimum absolute atomic E-state index is 0.00186. The van der Waals surface area contributed by atoms with Crippen molar-refractivity contribution in [1.82, 2.24) is 5.32 Å². The predicted molar refractivity (Wildman–Crippen MR) is 77.7 cm³/mol. The van der Waals surface area contributed by atoms with Crippen LogP contribution in [0.4, 0.5) is 0 Å². The number of rotatable bonds is 5. The van der Waals surface area contributed by atoms with Gasteiger partial charge in [-0.05, 0) is 56.4 Å². The summed E-state index contributed by atoms with van der Waals surface area (Å²) >= 11 is 0. The van der Waals surface area contributed by atoms with Gasteiger partial charge in [0.1, 0.15) is 5.75 Å². The Balaban J connectivity index is 1.88. The van der Waals surface area contributed by atoms with E-state index in [9.17, 15) is 9.90 Å². The normalized spacial score (nSPS) is 17.7. The summed E-state index contributed by atoms with van der Waals surface area (Å²) in [5.41, 5.74) is 2.18. The molecule has 1 amide bonds. The van der Waals surface area contributed by atoms with E-state index >= 15 is 0 Å². The minimum Gasteiger partial charge on any atom is -0.493 e. The largest absolute Gasteiger partial charge is 0.493 e. The third-order valence-electron chi connectivity index (χ3n) is 3.45. The summed E-state index contributed by atoms with van der Waals surface area (Å²) in [6, 6.07) is 5.99. The maximum atomic E-state index is 11.5. The molecule has 1 aliphatic rings. The van der Waals surface area contributed by atoms with E-state index in [1.807, 2.05) is 32.0 Å². The highest BCUT2D eigenvalue weighted by Gasteiger charge is 2.18. The Morgan fingerprint density at radius 3 is 3.05 bits per heavy atom. The first-order valence-electron chi connectivity index (χ1n) is 7.29. The third kappa shape index (κ3) is 3.97. The van der Waals surface area contributed by atoms with E-state index in [-0.39, 0.29) is 18.1 Å². The minimum atomic E-state index is -0.383. The molecule has 0 heterocycles. The highest BCUT2D eigenvalue weighted by molar-refractivity contribution is 5.76. The summed E-state index contributed by atoms with van der Waals surface area (Å²) < 4.78 is 5.60. The van der Waals surface area contributed by atoms with Crippen LogP contribution in [0.1, 0.15) is 50.3 Å². The summed E-state index contributed by atoms with van der Waals surface area (Å²) in [6.07, 6.45) is 2.82. The maximum Gasteiger partial charge on any atom is 0.223 e. The van der Waals surface area contributed by atoms with Crippen LogP contribution in [0.15, 0.2) is 18.2 Å². The molecule has 4 nitrogen and oxygen atoms in total. The van der Waals surface area contributed by atoms with Crippen LogP contribution in [0.5, 0.6) is 5.75 Å². The molecule has 0 saturated heterocycles. The van der Waals surface area contributed by atoms with Crippen molar-refractivity contribution >= 4 is 5.91 Å². The molecule has 0 spiro atoms. The lowest BCUT2D eigenvalue weighted by molar-refractivity contribution is -0.122. The molecular weight excluding hydrogens is 254 g/mol. The molecule has 2 rings (SSSR count). The second-order valence-corrected chi connectivity index (χ2v) is 5.59. The van der Waals surface area contributed by atoms with Crippen LogP contribution < -0.4 is 10.1 Å². The number of aliphatic hydroxyl groups excluding tert-OH is 1. The summed E-state index contributed by atoms with van der Waals surface area (Å²) in [6.45, 7) is 4.22. The number of aliphatic hydroxyl groups is 1. The molecule has 0 bridgehead atoms. The molecule has 1 aliphatic carbocycles. The number of fused-ring (bicyclic) bond motifs is 1. The van der Waals surface area contributed by atoms with E-state index in [1.54, 1.807) is 0 Å². The van der Waals surface area contributed by atoms with Gasteiger partial charge in [0.15, 0.2) is 0 Å². The molecule has 0 aliphatic heterocycles. The Morgan fingerprint density at radius 1 is 1.50 bits per heavy atom. The van der Waals surface area contributed by atoms with Crippen LogP contribution in [0.25, 0.3) is 0 Å². The van der Waals surface area contributed by atoms with Crippen molar-refractivity contribution in [2.45, 2.75) is 51.7 Å². The van der Waals surface area contributed by atoms with Gasteiger partial charge in [-0.15, -0.1) is 0 Å². The predicted octanol–water partition coefficient (Wildman–Crippen LogP) is 2.35. The van der Waals surface area contributed by atoms with Gasteiger partial charge in [0.2, 0.25) is 5.91 Å². The van der Waals surface area contributed by atoms with Crippen LogP contribution in [0.2, 0.25) is 0 Å². The molecule has 1 unspecified atom stereocenters. The zero-order chi connectivity index (χ0) is 14.5. The topological polar surface area (TPSA) is 58.6 Å². The lowest BCUT2D eigenvalue weighted by atomic mass is 9.89. The number of hydrogen-bond acceptors (Lipinski definition) is 3. The van der Waals surface area contributed by atoms with Crippen molar-refractivity contribution in [3.05, 3.63) is 29.3 Å². The first kappa shape index (κ1) is 14.9. The molecule has 0 saturated carbocycles. The Morgan fingerprint density at radius 2 is 2.30 bits per heavy atom. The standard InChI is InChI=1S/C16H23NO3/c1-11(2)17-16(19)8-9-20-13-7-6-12-4-3-5-15(18)14(12)10-13/h6-7,10-11,15,18H,3-5,8-9H2,1-2H3,(H,17,19). The second-order valence-electron chi connectivity index (χ2n) is 5.59. The van der Waals surface area contributed by atoms with Crippen LogP contribution in [-0.2, 0) is 11.2 Å². The summed E-state index contributed by atoms with van der Waals surface area (Å²) in [5.74, 6) is 0.722. The molecule has 4 heteroatoms. The first-order valence-corrected chi connectivity index (χ1v) is 7.29. The Bertz CT molecular complexity index is 471. The van der Waals surface area contributed by atoms with Crippen molar-refractivity contribution in [1.29, 1.82) is 0 Å². The number of nitrogens with one attached hydrogen (secondary N) is 1. The molecule has 0 fully saturated rings. The van der Waals surface area contributed by atoms with E-state index in [0.29, 0.717) is 13.0 Å². The van der Waals surface area contributed by atoms with Crippen molar-refractivity contribution in [3.8, 4) is 5.75 Å². The summed E-state index contributed by atoms with van der Waals surface area (Å²) in [4.78, 5) is 11.5. The molecule has 1 atom stereocenters. The van der Waals surface area contributed by atoms with Gasteiger partial charge < -0.3 is 15.2 Å². The number of carbonyl (C=O) groups is 1. The van der Waals surface area contributed by atoms with Gasteiger partial charge in [-0.25, -0.2) is 0 Å². The number of carbonyl (C=O) groups excluding carboxylic acids is 1. The van der Waals surface area contributed by atoms with Gasteiger partial charge in [0.25, 0.3) is 0 Å². The average molecular weight is 277 g/mol. The first-order chi connectivity index (χ1) is 9.56. The highest BCUT2D eigenvalue weighted by Crippen LogP contribution is 2.32. The van der Waals surface area contributed by atoms with E-state index < -0.39 is 0 Å². The van der Waals surface area contributed by atoms with E-state index in [0.717, 1.165) is 30.6 Å². The van der Waals surface area contributed by atoms with Crippen molar-refractivity contribution in [3.63, 3.8) is 0 Å². The summed E-state index contributed by atoms with van der Waals surface area (Å²) in [7, 11) is 0. The smallest absolute Gasteiger partial charge is 0.223 e. The van der Waals surface area contributed by atoms with Gasteiger partial charge in [0, 0.05) is 6.04 Å². The van der Waals surface area contributed by atoms with Crippen LogP contribution >= 0.6 is 0 Å². The molecule has 2 N–H and O–H groups in total. The average Bonchev–Trinajstić information content (AvgIpc) is 2.39. The Hall–Kier alpha value is -1.55. The highest BCUT2D eigenvalue weighted by atomic mass is 16.5.